The van der Waals surface area contributed by atoms with Crippen molar-refractivity contribution in [1.82, 2.24) is 25.1 Å². The van der Waals surface area contributed by atoms with E-state index in [9.17, 15) is 9.59 Å². The molecule has 0 aliphatic rings. The number of rotatable bonds is 5. The van der Waals surface area contributed by atoms with Crippen molar-refractivity contribution in [3.8, 4) is 5.82 Å². The summed E-state index contributed by atoms with van der Waals surface area (Å²) < 4.78 is 1.39. The summed E-state index contributed by atoms with van der Waals surface area (Å²) in [7, 11) is 0. The monoisotopic (exact) mass is 317 g/mol. The van der Waals surface area contributed by atoms with Crippen LogP contribution in [0.15, 0.2) is 31.0 Å². The number of carboxylic acids is 1. The number of carbonyl (C=O) groups is 2. The van der Waals surface area contributed by atoms with E-state index in [0.29, 0.717) is 11.4 Å². The maximum absolute atomic E-state index is 12.6. The molecule has 2 N–H and O–H groups in total. The van der Waals surface area contributed by atoms with Crippen LogP contribution in [0.2, 0.25) is 0 Å². The maximum Gasteiger partial charge on any atom is 0.305 e. The summed E-state index contributed by atoms with van der Waals surface area (Å²) in [6.45, 7) is 5.63. The van der Waals surface area contributed by atoms with E-state index in [-0.39, 0.29) is 6.42 Å². The van der Waals surface area contributed by atoms with Crippen molar-refractivity contribution in [3.63, 3.8) is 0 Å². The third kappa shape index (κ3) is 4.12. The summed E-state index contributed by atoms with van der Waals surface area (Å²) in [5, 5.41) is 15.8. The zero-order chi connectivity index (χ0) is 17.0. The van der Waals surface area contributed by atoms with Gasteiger partial charge in [0.2, 0.25) is 0 Å². The Bertz CT molecular complexity index is 691. The minimum absolute atomic E-state index is 0.159. The zero-order valence-corrected chi connectivity index (χ0v) is 13.2. The highest BCUT2D eigenvalue weighted by Crippen LogP contribution is 2.22. The van der Waals surface area contributed by atoms with Crippen LogP contribution in [0.1, 0.15) is 37.6 Å². The third-order valence-corrected chi connectivity index (χ3v) is 3.40. The Morgan fingerprint density at radius 2 is 2.13 bits per heavy atom. The summed E-state index contributed by atoms with van der Waals surface area (Å²) in [5.74, 6) is -1.02. The first-order chi connectivity index (χ1) is 10.8. The van der Waals surface area contributed by atoms with Gasteiger partial charge in [-0.1, -0.05) is 20.8 Å². The SMILES string of the molecule is CC(C)(C)C(CC(=O)O)NC(=O)c1cccnc1-n1cncn1. The highest BCUT2D eigenvalue weighted by Gasteiger charge is 2.29. The van der Waals surface area contributed by atoms with E-state index in [1.54, 1.807) is 18.3 Å². The van der Waals surface area contributed by atoms with Gasteiger partial charge in [-0.15, -0.1) is 0 Å². The molecule has 0 bridgehead atoms. The fourth-order valence-electron chi connectivity index (χ4n) is 2.06. The quantitative estimate of drug-likeness (QED) is 0.859. The van der Waals surface area contributed by atoms with E-state index < -0.39 is 23.3 Å². The minimum Gasteiger partial charge on any atom is -0.481 e. The highest BCUT2D eigenvalue weighted by atomic mass is 16.4. The van der Waals surface area contributed by atoms with Crippen LogP contribution in [0.4, 0.5) is 0 Å². The van der Waals surface area contributed by atoms with Crippen molar-refractivity contribution in [2.45, 2.75) is 33.2 Å². The smallest absolute Gasteiger partial charge is 0.305 e. The van der Waals surface area contributed by atoms with Crippen molar-refractivity contribution in [1.29, 1.82) is 0 Å². The standard InChI is InChI=1S/C15H19N5O3/c1-15(2,3)11(7-12(21)22)19-14(23)10-5-4-6-17-13(10)20-9-16-8-18-20/h4-6,8-9,11H,7H2,1-3H3,(H,19,23)(H,21,22). The third-order valence-electron chi connectivity index (χ3n) is 3.40. The molecular weight excluding hydrogens is 298 g/mol. The molecule has 2 rings (SSSR count). The molecule has 2 aromatic rings. The van der Waals surface area contributed by atoms with Crippen LogP contribution >= 0.6 is 0 Å². The summed E-state index contributed by atoms with van der Waals surface area (Å²) in [6, 6.07) is 2.73. The number of hydrogen-bond donors (Lipinski definition) is 2. The number of nitrogens with zero attached hydrogens (tertiary/aromatic N) is 4. The van der Waals surface area contributed by atoms with Crippen LogP contribution in [-0.2, 0) is 4.79 Å². The molecule has 1 amide bonds. The number of aliphatic carboxylic acids is 1. The van der Waals surface area contributed by atoms with Crippen molar-refractivity contribution >= 4 is 11.9 Å². The predicted octanol–water partition coefficient (Wildman–Crippen LogP) is 1.28. The summed E-state index contributed by atoms with van der Waals surface area (Å²) >= 11 is 0. The highest BCUT2D eigenvalue weighted by molar-refractivity contribution is 5.97. The van der Waals surface area contributed by atoms with Gasteiger partial charge in [0.15, 0.2) is 5.82 Å². The van der Waals surface area contributed by atoms with Gasteiger partial charge in [0.05, 0.1) is 12.0 Å². The molecular formula is C15H19N5O3. The van der Waals surface area contributed by atoms with Gasteiger partial charge < -0.3 is 10.4 Å². The first-order valence-corrected chi connectivity index (χ1v) is 7.11. The average Bonchev–Trinajstić information content (AvgIpc) is 2.99. The molecule has 0 aromatic carbocycles. The molecule has 1 unspecified atom stereocenters. The van der Waals surface area contributed by atoms with E-state index in [4.69, 9.17) is 5.11 Å². The van der Waals surface area contributed by atoms with Gasteiger partial charge >= 0.3 is 5.97 Å². The Kier molecular flexibility index (Phi) is 4.73. The van der Waals surface area contributed by atoms with Crippen LogP contribution in [-0.4, -0.2) is 42.8 Å². The number of carboxylic acid groups (broad SMARTS) is 1. The molecule has 2 aromatic heterocycles. The fraction of sp³-hybridized carbons (Fsp3) is 0.400. The molecule has 8 heteroatoms. The second-order valence-electron chi connectivity index (χ2n) is 6.20. The first-order valence-electron chi connectivity index (χ1n) is 7.11. The Balaban J connectivity index is 2.28. The zero-order valence-electron chi connectivity index (χ0n) is 13.2. The molecule has 0 aliphatic heterocycles. The van der Waals surface area contributed by atoms with Crippen molar-refractivity contribution < 1.29 is 14.7 Å². The Morgan fingerprint density at radius 1 is 1.39 bits per heavy atom. The molecule has 0 fully saturated rings. The number of amides is 1. The lowest BCUT2D eigenvalue weighted by atomic mass is 9.84. The number of carbonyl (C=O) groups excluding carboxylic acids is 1. The molecule has 0 saturated heterocycles. The Hall–Kier alpha value is -2.77. The maximum atomic E-state index is 12.6. The van der Waals surface area contributed by atoms with Gasteiger partial charge in [-0.25, -0.2) is 14.6 Å². The second kappa shape index (κ2) is 6.55. The van der Waals surface area contributed by atoms with Gasteiger partial charge in [-0.05, 0) is 17.5 Å². The van der Waals surface area contributed by atoms with Gasteiger partial charge in [-0.3, -0.25) is 9.59 Å². The summed E-state index contributed by atoms with van der Waals surface area (Å²) in [6.07, 6.45) is 4.18. The second-order valence-corrected chi connectivity index (χ2v) is 6.20. The fourth-order valence-corrected chi connectivity index (χ4v) is 2.06. The Labute approximate surface area is 133 Å². The summed E-state index contributed by atoms with van der Waals surface area (Å²) in [4.78, 5) is 31.6. The lowest BCUT2D eigenvalue weighted by Crippen LogP contribution is -2.45. The lowest BCUT2D eigenvalue weighted by Gasteiger charge is -2.30. The normalized spacial score (nSPS) is 12.7. The average molecular weight is 317 g/mol. The number of hydrogen-bond acceptors (Lipinski definition) is 5. The number of pyridine rings is 1. The predicted molar refractivity (Wildman–Crippen MR) is 82.1 cm³/mol. The van der Waals surface area contributed by atoms with E-state index >= 15 is 0 Å². The largest absolute Gasteiger partial charge is 0.481 e. The van der Waals surface area contributed by atoms with Crippen LogP contribution in [0.25, 0.3) is 5.82 Å². The molecule has 8 nitrogen and oxygen atoms in total. The minimum atomic E-state index is -0.965. The van der Waals surface area contributed by atoms with E-state index in [2.05, 4.69) is 20.4 Å². The van der Waals surface area contributed by atoms with Crippen LogP contribution in [0.3, 0.4) is 0 Å². The van der Waals surface area contributed by atoms with Crippen molar-refractivity contribution in [3.05, 3.63) is 36.5 Å². The number of aromatic nitrogens is 4. The Morgan fingerprint density at radius 3 is 2.70 bits per heavy atom. The van der Waals surface area contributed by atoms with Crippen LogP contribution < -0.4 is 5.32 Å². The molecule has 122 valence electrons. The van der Waals surface area contributed by atoms with Crippen molar-refractivity contribution in [2.75, 3.05) is 0 Å². The van der Waals surface area contributed by atoms with Gasteiger partial charge in [0, 0.05) is 12.2 Å². The van der Waals surface area contributed by atoms with E-state index in [1.807, 2.05) is 20.8 Å². The summed E-state index contributed by atoms with van der Waals surface area (Å²) in [5.41, 5.74) is -0.0958. The molecule has 1 atom stereocenters. The van der Waals surface area contributed by atoms with Crippen molar-refractivity contribution in [2.24, 2.45) is 5.41 Å². The molecule has 23 heavy (non-hydrogen) atoms. The topological polar surface area (TPSA) is 110 Å². The van der Waals surface area contributed by atoms with Crippen LogP contribution in [0, 0.1) is 5.41 Å². The van der Waals surface area contributed by atoms with Gasteiger partial charge in [-0.2, -0.15) is 5.10 Å². The number of nitrogens with one attached hydrogen (secondary N) is 1. The van der Waals surface area contributed by atoms with Gasteiger partial charge in [0.1, 0.15) is 12.7 Å². The van der Waals surface area contributed by atoms with Crippen LogP contribution in [0.5, 0.6) is 0 Å². The lowest BCUT2D eigenvalue weighted by molar-refractivity contribution is -0.138. The molecule has 0 radical (unpaired) electrons. The molecule has 0 aliphatic carbocycles. The molecule has 0 saturated carbocycles. The van der Waals surface area contributed by atoms with E-state index in [0.717, 1.165) is 0 Å². The van der Waals surface area contributed by atoms with Gasteiger partial charge in [0.25, 0.3) is 5.91 Å². The molecule has 0 spiro atoms. The van der Waals surface area contributed by atoms with E-state index in [1.165, 1.54) is 17.3 Å². The molecule has 2 heterocycles. The first kappa shape index (κ1) is 16.6.